The van der Waals surface area contributed by atoms with E-state index in [0.717, 1.165) is 11.8 Å². The second kappa shape index (κ2) is 5.95. The van der Waals surface area contributed by atoms with E-state index >= 15 is 0 Å². The van der Waals surface area contributed by atoms with Gasteiger partial charge in [-0.3, -0.25) is 4.57 Å². The van der Waals surface area contributed by atoms with E-state index in [1.807, 2.05) is 0 Å². The normalized spacial score (nSPS) is 10.5. The minimum absolute atomic E-state index is 0.224. The molecule has 0 amide bonds. The molecule has 112 valence electrons. The van der Waals surface area contributed by atoms with Gasteiger partial charge < -0.3 is 19.6 Å². The van der Waals surface area contributed by atoms with Gasteiger partial charge in [-0.05, 0) is 21.7 Å². The van der Waals surface area contributed by atoms with E-state index < -0.39 is 4.92 Å². The molecule has 0 saturated heterocycles. The van der Waals surface area contributed by atoms with Gasteiger partial charge in [0.15, 0.2) is 15.9 Å². The molecule has 0 saturated carbocycles. The van der Waals surface area contributed by atoms with Gasteiger partial charge >= 0.3 is 5.82 Å². The quantitative estimate of drug-likeness (QED) is 0.465. The van der Waals surface area contributed by atoms with Crippen molar-refractivity contribution in [2.24, 2.45) is 7.05 Å². The van der Waals surface area contributed by atoms with Crippen molar-refractivity contribution in [3.8, 4) is 11.6 Å². The van der Waals surface area contributed by atoms with Crippen LogP contribution < -0.4 is 9.47 Å². The Kier molecular flexibility index (Phi) is 4.26. The molecule has 2 heterocycles. The van der Waals surface area contributed by atoms with Crippen LogP contribution in [0.3, 0.4) is 0 Å². The summed E-state index contributed by atoms with van der Waals surface area (Å²) in [4.78, 5) is 22.7. The van der Waals surface area contributed by atoms with Crippen LogP contribution in [0.5, 0.6) is 11.6 Å². The Bertz CT molecular complexity index is 687. The smallest absolute Gasteiger partial charge is 0.396 e. The molecule has 0 radical (unpaired) electrons. The van der Waals surface area contributed by atoms with E-state index in [4.69, 9.17) is 9.47 Å². The fourth-order valence-electron chi connectivity index (χ4n) is 1.57. The van der Waals surface area contributed by atoms with Crippen LogP contribution in [0.4, 0.5) is 5.82 Å². The number of nitro groups is 1. The zero-order valence-electron chi connectivity index (χ0n) is 11.9. The number of hydrogen-bond donors (Lipinski definition) is 0. The lowest BCUT2D eigenvalue weighted by Crippen LogP contribution is -1.99. The highest BCUT2D eigenvalue weighted by Crippen LogP contribution is 2.34. The van der Waals surface area contributed by atoms with Gasteiger partial charge in [-0.1, -0.05) is 0 Å². The maximum atomic E-state index is 11.0. The number of nitrogens with zero attached hydrogens (tertiary/aromatic N) is 5. The first-order valence-corrected chi connectivity index (χ1v) is 6.60. The van der Waals surface area contributed by atoms with Gasteiger partial charge in [-0.15, -0.1) is 0 Å². The zero-order chi connectivity index (χ0) is 15.6. The molecule has 2 rings (SSSR count). The standard InChI is InChI=1S/C11H13N5O4S/c1-6-13-8(16(17)18)10(15(6)2)21-11-12-5-7(19-3)9(14-11)20-4/h5H,1-4H3. The van der Waals surface area contributed by atoms with E-state index in [9.17, 15) is 10.1 Å². The molecule has 0 aromatic carbocycles. The first kappa shape index (κ1) is 15.0. The number of rotatable bonds is 5. The molecule has 0 atom stereocenters. The average Bonchev–Trinajstić information content (AvgIpc) is 2.75. The predicted octanol–water partition coefficient (Wildman–Crippen LogP) is 1.60. The summed E-state index contributed by atoms with van der Waals surface area (Å²) in [5.74, 6) is 0.956. The topological polar surface area (TPSA) is 105 Å². The molecule has 0 aliphatic heterocycles. The summed E-state index contributed by atoms with van der Waals surface area (Å²) in [6, 6.07) is 0. The SMILES string of the molecule is COc1cnc(Sc2c([N+](=O)[O-])nc(C)n2C)nc1OC. The number of imidazole rings is 1. The number of ether oxygens (including phenoxy) is 2. The zero-order valence-corrected chi connectivity index (χ0v) is 12.7. The first-order valence-electron chi connectivity index (χ1n) is 5.78. The third-order valence-electron chi connectivity index (χ3n) is 2.72. The van der Waals surface area contributed by atoms with Crippen LogP contribution in [0, 0.1) is 17.0 Å². The van der Waals surface area contributed by atoms with Crippen LogP contribution in [0.15, 0.2) is 16.4 Å². The molecule has 9 nitrogen and oxygen atoms in total. The van der Waals surface area contributed by atoms with Crippen LogP contribution >= 0.6 is 11.8 Å². The third-order valence-corrected chi connectivity index (χ3v) is 3.75. The van der Waals surface area contributed by atoms with Gasteiger partial charge in [0.1, 0.15) is 0 Å². The molecule has 10 heteroatoms. The lowest BCUT2D eigenvalue weighted by molar-refractivity contribution is -0.392. The summed E-state index contributed by atoms with van der Waals surface area (Å²) in [6.45, 7) is 1.69. The molecular weight excluding hydrogens is 298 g/mol. The van der Waals surface area contributed by atoms with Crippen molar-refractivity contribution in [3.05, 3.63) is 22.1 Å². The van der Waals surface area contributed by atoms with Crippen molar-refractivity contribution in [1.29, 1.82) is 0 Å². The second-order valence-electron chi connectivity index (χ2n) is 3.94. The summed E-state index contributed by atoms with van der Waals surface area (Å²) < 4.78 is 11.7. The Morgan fingerprint density at radius 3 is 2.62 bits per heavy atom. The lowest BCUT2D eigenvalue weighted by Gasteiger charge is -2.07. The van der Waals surface area contributed by atoms with Crippen molar-refractivity contribution in [3.63, 3.8) is 0 Å². The Balaban J connectivity index is 2.41. The van der Waals surface area contributed by atoms with E-state index in [1.54, 1.807) is 18.5 Å². The maximum absolute atomic E-state index is 11.0. The Morgan fingerprint density at radius 2 is 2.05 bits per heavy atom. The molecule has 0 aliphatic rings. The molecule has 0 spiro atoms. The van der Waals surface area contributed by atoms with Crippen LogP contribution in [0.2, 0.25) is 0 Å². The molecule has 0 unspecified atom stereocenters. The molecule has 0 bridgehead atoms. The molecule has 0 aliphatic carbocycles. The lowest BCUT2D eigenvalue weighted by atomic mass is 10.6. The Labute approximate surface area is 124 Å². The number of methoxy groups -OCH3 is 2. The van der Waals surface area contributed by atoms with Gasteiger partial charge in [0.25, 0.3) is 5.88 Å². The van der Waals surface area contributed by atoms with E-state index in [2.05, 4.69) is 15.0 Å². The van der Waals surface area contributed by atoms with Crippen molar-refractivity contribution in [1.82, 2.24) is 19.5 Å². The second-order valence-corrected chi connectivity index (χ2v) is 4.89. The highest BCUT2D eigenvalue weighted by Gasteiger charge is 2.25. The minimum Gasteiger partial charge on any atom is -0.490 e. The van der Waals surface area contributed by atoms with Gasteiger partial charge in [-0.25, -0.2) is 4.98 Å². The number of aromatic nitrogens is 4. The third kappa shape index (κ3) is 2.89. The van der Waals surface area contributed by atoms with Crippen LogP contribution in [-0.4, -0.2) is 38.7 Å². The monoisotopic (exact) mass is 311 g/mol. The van der Waals surface area contributed by atoms with E-state index in [-0.39, 0.29) is 11.7 Å². The molecule has 2 aromatic heterocycles. The summed E-state index contributed by atoms with van der Waals surface area (Å²) in [5.41, 5.74) is 0. The first-order chi connectivity index (χ1) is 9.97. The Hall–Kier alpha value is -2.36. The Morgan fingerprint density at radius 1 is 1.33 bits per heavy atom. The van der Waals surface area contributed by atoms with Crippen molar-refractivity contribution < 1.29 is 14.4 Å². The highest BCUT2D eigenvalue weighted by molar-refractivity contribution is 7.99. The fraction of sp³-hybridized carbons (Fsp3) is 0.364. The minimum atomic E-state index is -0.532. The van der Waals surface area contributed by atoms with Gasteiger partial charge in [0, 0.05) is 14.0 Å². The summed E-state index contributed by atoms with van der Waals surface area (Å²) in [7, 11) is 4.62. The van der Waals surface area contributed by atoms with Crippen molar-refractivity contribution in [2.75, 3.05) is 14.2 Å². The summed E-state index contributed by atoms with van der Waals surface area (Å²) in [5, 5.41) is 11.7. The van der Waals surface area contributed by atoms with Crippen LogP contribution in [0.1, 0.15) is 5.82 Å². The average molecular weight is 311 g/mol. The van der Waals surface area contributed by atoms with E-state index in [1.165, 1.54) is 20.4 Å². The van der Waals surface area contributed by atoms with Gasteiger partial charge in [0.2, 0.25) is 5.82 Å². The predicted molar refractivity (Wildman–Crippen MR) is 73.9 cm³/mol. The van der Waals surface area contributed by atoms with E-state index in [0.29, 0.717) is 21.8 Å². The van der Waals surface area contributed by atoms with Crippen molar-refractivity contribution >= 4 is 17.6 Å². The molecule has 21 heavy (non-hydrogen) atoms. The largest absolute Gasteiger partial charge is 0.490 e. The molecule has 2 aromatic rings. The summed E-state index contributed by atoms with van der Waals surface area (Å²) >= 11 is 1.04. The molecule has 0 N–H and O–H groups in total. The maximum Gasteiger partial charge on any atom is 0.396 e. The van der Waals surface area contributed by atoms with Gasteiger partial charge in [-0.2, -0.15) is 4.98 Å². The van der Waals surface area contributed by atoms with Gasteiger partial charge in [0.05, 0.1) is 20.4 Å². The van der Waals surface area contributed by atoms with Crippen LogP contribution in [0.25, 0.3) is 0 Å². The van der Waals surface area contributed by atoms with Crippen molar-refractivity contribution in [2.45, 2.75) is 17.1 Å². The highest BCUT2D eigenvalue weighted by atomic mass is 32.2. The molecular formula is C11H13N5O4S. The van der Waals surface area contributed by atoms with Crippen LogP contribution in [-0.2, 0) is 7.05 Å². The fourth-order valence-corrected chi connectivity index (χ4v) is 2.46. The number of hydrogen-bond acceptors (Lipinski definition) is 8. The molecule has 0 fully saturated rings. The number of aryl methyl sites for hydroxylation is 1. The summed E-state index contributed by atoms with van der Waals surface area (Å²) in [6.07, 6.45) is 1.45.